The smallest absolute Gasteiger partial charge is 0.150 e. The van der Waals surface area contributed by atoms with E-state index in [0.717, 1.165) is 0 Å². The van der Waals surface area contributed by atoms with Crippen LogP contribution in [-0.2, 0) is 4.79 Å². The van der Waals surface area contributed by atoms with E-state index >= 15 is 0 Å². The Morgan fingerprint density at radius 3 is 2.00 bits per heavy atom. The van der Waals surface area contributed by atoms with Crippen LogP contribution in [0.2, 0.25) is 0 Å². The average Bonchev–Trinajstić information content (AvgIpc) is 1.64. The molecule has 1 nitrogen and oxygen atoms in total. The SMILES string of the molecule is [B]C(=C)C(=O)C(C)C. The summed E-state index contributed by atoms with van der Waals surface area (Å²) in [7, 11) is 5.09. The zero-order chi connectivity index (χ0) is 6.73. The molecule has 0 aromatic carbocycles. The summed E-state index contributed by atoms with van der Waals surface area (Å²) >= 11 is 0. The third-order valence-corrected chi connectivity index (χ3v) is 0.841. The van der Waals surface area contributed by atoms with Crippen LogP contribution in [0.1, 0.15) is 13.8 Å². The van der Waals surface area contributed by atoms with Gasteiger partial charge in [0.2, 0.25) is 0 Å². The normalized spacial score (nSPS) is 9.38. The summed E-state index contributed by atoms with van der Waals surface area (Å²) in [6.07, 6.45) is 0. The Hall–Kier alpha value is -0.525. The van der Waals surface area contributed by atoms with E-state index < -0.39 is 0 Å². The number of hydrogen-bond acceptors (Lipinski definition) is 1. The first-order chi connectivity index (χ1) is 3.55. The predicted molar refractivity (Wildman–Crippen MR) is 34.7 cm³/mol. The molecule has 0 saturated carbocycles. The topological polar surface area (TPSA) is 17.1 Å². The van der Waals surface area contributed by atoms with Gasteiger partial charge in [0.15, 0.2) is 5.78 Å². The quantitative estimate of drug-likeness (QED) is 0.379. The van der Waals surface area contributed by atoms with E-state index in [1.165, 1.54) is 0 Å². The van der Waals surface area contributed by atoms with Gasteiger partial charge >= 0.3 is 0 Å². The molecule has 0 amide bonds. The molecule has 0 unspecified atom stereocenters. The number of rotatable bonds is 2. The molecule has 0 aliphatic rings. The van der Waals surface area contributed by atoms with Crippen molar-refractivity contribution in [3.8, 4) is 0 Å². The van der Waals surface area contributed by atoms with Crippen LogP contribution in [-0.4, -0.2) is 13.6 Å². The second-order valence-corrected chi connectivity index (χ2v) is 2.04. The fourth-order valence-corrected chi connectivity index (χ4v) is 0.371. The highest BCUT2D eigenvalue weighted by atomic mass is 16.1. The van der Waals surface area contributed by atoms with Crippen LogP contribution in [0.5, 0.6) is 0 Å². The molecule has 0 heterocycles. The highest BCUT2D eigenvalue weighted by molar-refractivity contribution is 6.36. The Morgan fingerprint density at radius 2 is 2.00 bits per heavy atom. The van der Waals surface area contributed by atoms with Crippen LogP contribution < -0.4 is 0 Å². The van der Waals surface area contributed by atoms with Gasteiger partial charge in [0, 0.05) is 5.92 Å². The summed E-state index contributed by atoms with van der Waals surface area (Å²) in [6.45, 7) is 6.89. The first-order valence-electron chi connectivity index (χ1n) is 2.54. The summed E-state index contributed by atoms with van der Waals surface area (Å²) in [5.41, 5.74) is 0.153. The van der Waals surface area contributed by atoms with Gasteiger partial charge in [-0.1, -0.05) is 19.3 Å². The molecular weight excluding hydrogens is 98.9 g/mol. The lowest BCUT2D eigenvalue weighted by atomic mass is 9.88. The van der Waals surface area contributed by atoms with Gasteiger partial charge in [0.25, 0.3) is 0 Å². The summed E-state index contributed by atoms with van der Waals surface area (Å²) in [5.74, 6) is -0.0856. The first kappa shape index (κ1) is 7.47. The van der Waals surface area contributed by atoms with Gasteiger partial charge in [-0.05, 0) is 0 Å². The minimum atomic E-state index is -0.0648. The molecule has 0 rings (SSSR count). The fraction of sp³-hybridized carbons (Fsp3) is 0.500. The van der Waals surface area contributed by atoms with Crippen molar-refractivity contribution in [3.05, 3.63) is 12.1 Å². The fourth-order valence-electron chi connectivity index (χ4n) is 0.371. The molecule has 2 heteroatoms. The number of carbonyl (C=O) groups excluding carboxylic acids is 1. The first-order valence-corrected chi connectivity index (χ1v) is 2.54. The second kappa shape index (κ2) is 2.70. The Bertz CT molecular complexity index is 116. The molecule has 0 bridgehead atoms. The van der Waals surface area contributed by atoms with Crippen LogP contribution in [0.3, 0.4) is 0 Å². The molecule has 0 fully saturated rings. The molecule has 8 heavy (non-hydrogen) atoms. The maximum Gasteiger partial charge on any atom is 0.150 e. The van der Waals surface area contributed by atoms with E-state index in [0.29, 0.717) is 0 Å². The van der Waals surface area contributed by atoms with E-state index in [1.807, 2.05) is 0 Å². The van der Waals surface area contributed by atoms with Crippen LogP contribution in [0.25, 0.3) is 0 Å². The van der Waals surface area contributed by atoms with Crippen molar-refractivity contribution in [1.29, 1.82) is 0 Å². The van der Waals surface area contributed by atoms with Gasteiger partial charge in [-0.2, -0.15) is 0 Å². The molecule has 0 N–H and O–H groups in total. The molecule has 0 spiro atoms. The Labute approximate surface area is 51.2 Å². The highest BCUT2D eigenvalue weighted by Gasteiger charge is 2.04. The second-order valence-electron chi connectivity index (χ2n) is 2.04. The van der Waals surface area contributed by atoms with Gasteiger partial charge in [-0.3, -0.25) is 4.79 Å². The van der Waals surface area contributed by atoms with Crippen molar-refractivity contribution in [2.45, 2.75) is 13.8 Å². The van der Waals surface area contributed by atoms with Gasteiger partial charge in [0.05, 0.1) is 0 Å². The van der Waals surface area contributed by atoms with Crippen LogP contribution in [0.4, 0.5) is 0 Å². The highest BCUT2D eigenvalue weighted by Crippen LogP contribution is 1.98. The van der Waals surface area contributed by atoms with E-state index in [1.54, 1.807) is 13.8 Å². The Kier molecular flexibility index (Phi) is 2.52. The standard InChI is InChI=1S/C6H9BO/c1-4(2)6(8)5(3)7/h4H,3H2,1-2H3. The van der Waals surface area contributed by atoms with E-state index in [2.05, 4.69) is 6.58 Å². The number of allylic oxidation sites excluding steroid dienone is 1. The summed E-state index contributed by atoms with van der Waals surface area (Å²) in [4.78, 5) is 10.6. The summed E-state index contributed by atoms with van der Waals surface area (Å²) in [6, 6.07) is 0. The van der Waals surface area contributed by atoms with Crippen molar-refractivity contribution in [3.63, 3.8) is 0 Å². The van der Waals surface area contributed by atoms with Gasteiger partial charge in [-0.15, -0.1) is 6.58 Å². The van der Waals surface area contributed by atoms with Crippen molar-refractivity contribution >= 4 is 13.6 Å². The number of ketones is 1. The molecular formula is C6H9BO. The lowest BCUT2D eigenvalue weighted by molar-refractivity contribution is -0.117. The predicted octanol–water partition coefficient (Wildman–Crippen LogP) is 0.894. The number of carbonyl (C=O) groups is 1. The minimum Gasteiger partial charge on any atom is -0.295 e. The zero-order valence-corrected chi connectivity index (χ0v) is 5.27. The molecule has 0 aliphatic carbocycles. The third-order valence-electron chi connectivity index (χ3n) is 0.841. The van der Waals surface area contributed by atoms with Crippen molar-refractivity contribution in [2.75, 3.05) is 0 Å². The van der Waals surface area contributed by atoms with Crippen molar-refractivity contribution in [1.82, 2.24) is 0 Å². The average molecular weight is 108 g/mol. The van der Waals surface area contributed by atoms with E-state index in [4.69, 9.17) is 7.85 Å². The molecule has 0 saturated heterocycles. The molecule has 2 radical (unpaired) electrons. The molecule has 42 valence electrons. The van der Waals surface area contributed by atoms with E-state index in [-0.39, 0.29) is 17.2 Å². The number of Topliss-reactive ketones (excluding diaryl/α,β-unsaturated/α-hetero) is 1. The van der Waals surface area contributed by atoms with Gasteiger partial charge in [-0.25, -0.2) is 0 Å². The van der Waals surface area contributed by atoms with Crippen molar-refractivity contribution < 1.29 is 4.79 Å². The van der Waals surface area contributed by atoms with Crippen LogP contribution >= 0.6 is 0 Å². The Balaban J connectivity index is 3.84. The lowest BCUT2D eigenvalue weighted by Gasteiger charge is -2.00. The molecule has 0 aromatic rings. The third kappa shape index (κ3) is 1.96. The monoisotopic (exact) mass is 108 g/mol. The lowest BCUT2D eigenvalue weighted by Crippen LogP contribution is -2.08. The zero-order valence-electron chi connectivity index (χ0n) is 5.27. The number of hydrogen-bond donors (Lipinski definition) is 0. The molecule has 0 aliphatic heterocycles. The maximum absolute atomic E-state index is 10.6. The Morgan fingerprint density at radius 1 is 1.62 bits per heavy atom. The largest absolute Gasteiger partial charge is 0.295 e. The molecule has 0 atom stereocenters. The minimum absolute atomic E-state index is 0.0208. The summed E-state index contributed by atoms with van der Waals surface area (Å²) in [5, 5.41) is 0. The van der Waals surface area contributed by atoms with Gasteiger partial charge in [0.1, 0.15) is 7.85 Å². The van der Waals surface area contributed by atoms with Crippen molar-refractivity contribution in [2.24, 2.45) is 5.92 Å². The molecule has 0 aromatic heterocycles. The van der Waals surface area contributed by atoms with E-state index in [9.17, 15) is 4.79 Å². The summed E-state index contributed by atoms with van der Waals surface area (Å²) < 4.78 is 0. The van der Waals surface area contributed by atoms with Gasteiger partial charge < -0.3 is 0 Å². The maximum atomic E-state index is 10.6. The van der Waals surface area contributed by atoms with Crippen LogP contribution in [0.15, 0.2) is 12.1 Å². The van der Waals surface area contributed by atoms with Crippen LogP contribution in [0, 0.1) is 5.92 Å².